The zero-order valence-electron chi connectivity index (χ0n) is 12.3. The molecule has 0 amide bonds. The average Bonchev–Trinajstić information content (AvgIpc) is 2.43. The van der Waals surface area contributed by atoms with Crippen LogP contribution in [-0.2, 0) is 0 Å². The van der Waals surface area contributed by atoms with E-state index in [-0.39, 0.29) is 6.04 Å². The van der Waals surface area contributed by atoms with E-state index in [0.29, 0.717) is 10.1 Å². The SMILES string of the molecule is Cc1cc(C)c(NC(=S)N[C@@H](C)c2ccncc2)c(Cl)c1. The molecule has 3 nitrogen and oxygen atoms in total. The number of pyridine rings is 1. The third-order valence-corrected chi connectivity index (χ3v) is 3.74. The molecule has 1 heterocycles. The maximum atomic E-state index is 6.27. The number of nitrogens with zero attached hydrogens (tertiary/aromatic N) is 1. The van der Waals surface area contributed by atoms with Gasteiger partial charge in [0, 0.05) is 12.4 Å². The van der Waals surface area contributed by atoms with Gasteiger partial charge in [-0.05, 0) is 67.9 Å². The predicted octanol–water partition coefficient (Wildman–Crippen LogP) is 4.40. The molecule has 0 aliphatic carbocycles. The standard InChI is InChI=1S/C16H18ClN3S/c1-10-8-11(2)15(14(17)9-10)20-16(21)19-12(3)13-4-6-18-7-5-13/h4-9,12H,1-3H3,(H2,19,20,21)/t12-/m0/s1. The van der Waals surface area contributed by atoms with Gasteiger partial charge in [-0.1, -0.05) is 17.7 Å². The maximum absolute atomic E-state index is 6.27. The van der Waals surface area contributed by atoms with E-state index in [9.17, 15) is 0 Å². The number of hydrogen-bond donors (Lipinski definition) is 2. The zero-order valence-corrected chi connectivity index (χ0v) is 13.8. The van der Waals surface area contributed by atoms with E-state index in [4.69, 9.17) is 23.8 Å². The average molecular weight is 320 g/mol. The molecule has 0 saturated heterocycles. The van der Waals surface area contributed by atoms with E-state index in [1.165, 1.54) is 0 Å². The first kappa shape index (κ1) is 15.7. The van der Waals surface area contributed by atoms with Crippen LogP contribution in [-0.4, -0.2) is 10.1 Å². The molecule has 0 radical (unpaired) electrons. The monoisotopic (exact) mass is 319 g/mol. The van der Waals surface area contributed by atoms with Gasteiger partial charge < -0.3 is 10.6 Å². The van der Waals surface area contributed by atoms with Crippen LogP contribution < -0.4 is 10.6 Å². The van der Waals surface area contributed by atoms with E-state index in [0.717, 1.165) is 22.4 Å². The Morgan fingerprint density at radius 1 is 1.24 bits per heavy atom. The minimum absolute atomic E-state index is 0.0949. The summed E-state index contributed by atoms with van der Waals surface area (Å²) in [4.78, 5) is 4.01. The highest BCUT2D eigenvalue weighted by Crippen LogP contribution is 2.27. The highest BCUT2D eigenvalue weighted by atomic mass is 35.5. The van der Waals surface area contributed by atoms with Crippen molar-refractivity contribution in [3.05, 3.63) is 58.4 Å². The van der Waals surface area contributed by atoms with Gasteiger partial charge in [-0.15, -0.1) is 0 Å². The summed E-state index contributed by atoms with van der Waals surface area (Å²) in [6, 6.07) is 8.02. The lowest BCUT2D eigenvalue weighted by Gasteiger charge is -2.19. The number of rotatable bonds is 3. The number of nitrogens with one attached hydrogen (secondary N) is 2. The number of anilines is 1. The predicted molar refractivity (Wildman–Crippen MR) is 92.9 cm³/mol. The van der Waals surface area contributed by atoms with Crippen LogP contribution in [0.5, 0.6) is 0 Å². The fourth-order valence-electron chi connectivity index (χ4n) is 2.16. The first-order chi connectivity index (χ1) is 9.97. The van der Waals surface area contributed by atoms with Crippen LogP contribution >= 0.6 is 23.8 Å². The van der Waals surface area contributed by atoms with Crippen LogP contribution in [0.4, 0.5) is 5.69 Å². The van der Waals surface area contributed by atoms with Gasteiger partial charge in [0.25, 0.3) is 0 Å². The lowest BCUT2D eigenvalue weighted by atomic mass is 10.1. The first-order valence-electron chi connectivity index (χ1n) is 6.71. The van der Waals surface area contributed by atoms with Crippen molar-refractivity contribution >= 4 is 34.6 Å². The van der Waals surface area contributed by atoms with Crippen LogP contribution in [0.25, 0.3) is 0 Å². The summed E-state index contributed by atoms with van der Waals surface area (Å²) in [6.45, 7) is 6.08. The van der Waals surface area contributed by atoms with Crippen LogP contribution in [0.2, 0.25) is 5.02 Å². The Hall–Kier alpha value is -1.65. The first-order valence-corrected chi connectivity index (χ1v) is 7.50. The van der Waals surface area contributed by atoms with Crippen molar-refractivity contribution in [2.75, 3.05) is 5.32 Å². The highest BCUT2D eigenvalue weighted by Gasteiger charge is 2.10. The van der Waals surface area contributed by atoms with Gasteiger partial charge in [0.2, 0.25) is 0 Å². The van der Waals surface area contributed by atoms with Crippen LogP contribution in [0.15, 0.2) is 36.7 Å². The topological polar surface area (TPSA) is 37.0 Å². The Bertz CT molecular complexity index is 620. The molecule has 0 aliphatic rings. The maximum Gasteiger partial charge on any atom is 0.171 e. The van der Waals surface area contributed by atoms with Crippen molar-refractivity contribution < 1.29 is 0 Å². The minimum atomic E-state index is 0.0949. The van der Waals surface area contributed by atoms with Gasteiger partial charge in [0.1, 0.15) is 0 Å². The van der Waals surface area contributed by atoms with Crippen molar-refractivity contribution in [2.24, 2.45) is 0 Å². The fraction of sp³-hybridized carbons (Fsp3) is 0.250. The van der Waals surface area contributed by atoms with Crippen molar-refractivity contribution in [2.45, 2.75) is 26.8 Å². The number of aryl methyl sites for hydroxylation is 2. The van der Waals surface area contributed by atoms with Gasteiger partial charge in [0.05, 0.1) is 16.8 Å². The number of benzene rings is 1. The molecule has 5 heteroatoms. The highest BCUT2D eigenvalue weighted by molar-refractivity contribution is 7.80. The number of thiocarbonyl (C=S) groups is 1. The summed E-state index contributed by atoms with van der Waals surface area (Å²) in [7, 11) is 0. The third-order valence-electron chi connectivity index (χ3n) is 3.22. The fourth-order valence-corrected chi connectivity index (χ4v) is 2.80. The van der Waals surface area contributed by atoms with Gasteiger partial charge >= 0.3 is 0 Å². The van der Waals surface area contributed by atoms with Crippen molar-refractivity contribution in [3.63, 3.8) is 0 Å². The lowest BCUT2D eigenvalue weighted by Crippen LogP contribution is -2.31. The van der Waals surface area contributed by atoms with E-state index in [2.05, 4.69) is 21.7 Å². The molecule has 0 spiro atoms. The van der Waals surface area contributed by atoms with Gasteiger partial charge in [-0.3, -0.25) is 4.98 Å². The molecule has 0 aliphatic heterocycles. The molecule has 0 unspecified atom stereocenters. The second-order valence-electron chi connectivity index (χ2n) is 5.04. The van der Waals surface area contributed by atoms with Crippen LogP contribution in [0.3, 0.4) is 0 Å². The summed E-state index contributed by atoms with van der Waals surface area (Å²) in [5, 5.41) is 7.65. The van der Waals surface area contributed by atoms with Crippen LogP contribution in [0.1, 0.15) is 29.7 Å². The lowest BCUT2D eigenvalue weighted by molar-refractivity contribution is 0.721. The Balaban J connectivity index is 2.06. The van der Waals surface area contributed by atoms with Gasteiger partial charge in [-0.2, -0.15) is 0 Å². The summed E-state index contributed by atoms with van der Waals surface area (Å²) in [5.41, 5.74) is 4.18. The van der Waals surface area contributed by atoms with Crippen molar-refractivity contribution in [3.8, 4) is 0 Å². The summed E-state index contributed by atoms with van der Waals surface area (Å²) >= 11 is 11.6. The Morgan fingerprint density at radius 2 is 1.90 bits per heavy atom. The van der Waals surface area contributed by atoms with Gasteiger partial charge in [-0.25, -0.2) is 0 Å². The van der Waals surface area contributed by atoms with E-state index in [1.807, 2.05) is 39.0 Å². The second-order valence-corrected chi connectivity index (χ2v) is 5.85. The smallest absolute Gasteiger partial charge is 0.171 e. The zero-order chi connectivity index (χ0) is 15.4. The molecule has 110 valence electrons. The molecule has 2 N–H and O–H groups in total. The Morgan fingerprint density at radius 3 is 2.52 bits per heavy atom. The summed E-state index contributed by atoms with van der Waals surface area (Å²) in [6.07, 6.45) is 3.54. The van der Waals surface area contributed by atoms with Crippen molar-refractivity contribution in [1.82, 2.24) is 10.3 Å². The molecule has 2 rings (SSSR count). The Kier molecular flexibility index (Phi) is 5.15. The molecule has 0 bridgehead atoms. The molecular formula is C16H18ClN3S. The number of halogens is 1. The second kappa shape index (κ2) is 6.87. The molecule has 1 atom stereocenters. The molecule has 0 saturated carbocycles. The van der Waals surface area contributed by atoms with Crippen molar-refractivity contribution in [1.29, 1.82) is 0 Å². The Labute approximate surface area is 135 Å². The molecular weight excluding hydrogens is 302 g/mol. The minimum Gasteiger partial charge on any atom is -0.356 e. The molecule has 1 aromatic heterocycles. The molecule has 0 fully saturated rings. The third kappa shape index (κ3) is 4.16. The van der Waals surface area contributed by atoms with Gasteiger partial charge in [0.15, 0.2) is 5.11 Å². The molecule has 21 heavy (non-hydrogen) atoms. The van der Waals surface area contributed by atoms with E-state index < -0.39 is 0 Å². The van der Waals surface area contributed by atoms with E-state index in [1.54, 1.807) is 12.4 Å². The number of aromatic nitrogens is 1. The van der Waals surface area contributed by atoms with Crippen LogP contribution in [0, 0.1) is 13.8 Å². The molecule has 1 aromatic carbocycles. The molecule has 2 aromatic rings. The van der Waals surface area contributed by atoms with E-state index >= 15 is 0 Å². The summed E-state index contributed by atoms with van der Waals surface area (Å²) in [5.74, 6) is 0. The largest absolute Gasteiger partial charge is 0.356 e. The normalized spacial score (nSPS) is 11.8. The quantitative estimate of drug-likeness (QED) is 0.822. The summed E-state index contributed by atoms with van der Waals surface area (Å²) < 4.78 is 0. The number of hydrogen-bond acceptors (Lipinski definition) is 2.